The van der Waals surface area contributed by atoms with Gasteiger partial charge in [-0.3, -0.25) is 19.5 Å². The van der Waals surface area contributed by atoms with Crippen LogP contribution in [0.25, 0.3) is 5.65 Å². The van der Waals surface area contributed by atoms with Crippen molar-refractivity contribution in [3.05, 3.63) is 62.7 Å². The van der Waals surface area contributed by atoms with Gasteiger partial charge in [0, 0.05) is 43.4 Å². The first kappa shape index (κ1) is 21.9. The van der Waals surface area contributed by atoms with E-state index in [0.717, 1.165) is 16.6 Å². The number of halogens is 4. The van der Waals surface area contributed by atoms with E-state index in [1.54, 1.807) is 4.90 Å². The lowest BCUT2D eigenvalue weighted by Gasteiger charge is -2.13. The minimum Gasteiger partial charge on any atom is -0.342 e. The summed E-state index contributed by atoms with van der Waals surface area (Å²) in [6, 6.07) is 4.30. The van der Waals surface area contributed by atoms with Gasteiger partial charge in [0.05, 0.1) is 16.3 Å². The molecule has 1 aromatic carbocycles. The van der Waals surface area contributed by atoms with Crippen LogP contribution >= 0.6 is 11.6 Å². The fourth-order valence-electron chi connectivity index (χ4n) is 3.67. The zero-order valence-electron chi connectivity index (χ0n) is 16.7. The van der Waals surface area contributed by atoms with Crippen molar-refractivity contribution in [3.8, 4) is 0 Å². The van der Waals surface area contributed by atoms with Crippen LogP contribution in [0.1, 0.15) is 40.9 Å². The number of aromatic nitrogens is 3. The SMILES string of the molecule is CCN1CC(c2cc(=O)n3[nH]cc(C(=O)Nc4ccc(Cl)c(C(F)(F)F)c4)c3n2)CC1=O. The first-order valence-corrected chi connectivity index (χ1v) is 10.0. The third-order valence-corrected chi connectivity index (χ3v) is 5.64. The van der Waals surface area contributed by atoms with Gasteiger partial charge in [-0.15, -0.1) is 0 Å². The highest BCUT2D eigenvalue weighted by molar-refractivity contribution is 6.31. The Bertz CT molecular complexity index is 1280. The van der Waals surface area contributed by atoms with Gasteiger partial charge in [-0.05, 0) is 25.1 Å². The summed E-state index contributed by atoms with van der Waals surface area (Å²) in [5.74, 6) is -1.10. The van der Waals surface area contributed by atoms with Gasteiger partial charge >= 0.3 is 6.18 Å². The molecule has 3 aromatic rings. The van der Waals surface area contributed by atoms with Crippen molar-refractivity contribution in [2.45, 2.75) is 25.4 Å². The van der Waals surface area contributed by atoms with Crippen LogP contribution in [0, 0.1) is 0 Å². The van der Waals surface area contributed by atoms with Gasteiger partial charge in [-0.25, -0.2) is 9.50 Å². The Kier molecular flexibility index (Phi) is 5.45. The van der Waals surface area contributed by atoms with Crippen LogP contribution in [0.15, 0.2) is 35.3 Å². The maximum atomic E-state index is 13.1. The number of benzene rings is 1. The minimum absolute atomic E-state index is 0.0115. The number of hydrogen-bond acceptors (Lipinski definition) is 4. The Morgan fingerprint density at radius 1 is 1.31 bits per heavy atom. The number of fused-ring (bicyclic) bond motifs is 1. The van der Waals surface area contributed by atoms with Crippen molar-refractivity contribution in [3.63, 3.8) is 0 Å². The van der Waals surface area contributed by atoms with E-state index in [-0.39, 0.29) is 35.1 Å². The molecule has 1 atom stereocenters. The second kappa shape index (κ2) is 7.97. The highest BCUT2D eigenvalue weighted by Crippen LogP contribution is 2.36. The van der Waals surface area contributed by atoms with E-state index in [0.29, 0.717) is 18.8 Å². The zero-order chi connectivity index (χ0) is 23.2. The van der Waals surface area contributed by atoms with E-state index in [9.17, 15) is 27.6 Å². The number of aromatic amines is 1. The van der Waals surface area contributed by atoms with E-state index in [1.165, 1.54) is 18.3 Å². The maximum absolute atomic E-state index is 13.1. The molecule has 2 aromatic heterocycles. The lowest BCUT2D eigenvalue weighted by Crippen LogP contribution is -2.24. The molecule has 1 saturated heterocycles. The van der Waals surface area contributed by atoms with Gasteiger partial charge in [0.2, 0.25) is 5.91 Å². The summed E-state index contributed by atoms with van der Waals surface area (Å²) in [5.41, 5.74) is -1.33. The number of nitrogens with one attached hydrogen (secondary N) is 2. The van der Waals surface area contributed by atoms with Crippen LogP contribution in [0.4, 0.5) is 18.9 Å². The molecule has 4 rings (SSSR count). The number of carbonyl (C=O) groups is 2. The van der Waals surface area contributed by atoms with Gasteiger partial charge in [-0.1, -0.05) is 11.6 Å². The Labute approximate surface area is 184 Å². The molecule has 0 spiro atoms. The molecule has 1 aliphatic heterocycles. The summed E-state index contributed by atoms with van der Waals surface area (Å²) >= 11 is 5.61. The van der Waals surface area contributed by atoms with Crippen molar-refractivity contribution in [2.24, 2.45) is 0 Å². The van der Waals surface area contributed by atoms with Gasteiger partial charge in [0.25, 0.3) is 11.5 Å². The predicted octanol–water partition coefficient (Wildman–Crippen LogP) is 3.28. The number of carbonyl (C=O) groups excluding carboxylic acids is 2. The summed E-state index contributed by atoms with van der Waals surface area (Å²) in [4.78, 5) is 43.4. The smallest absolute Gasteiger partial charge is 0.342 e. The summed E-state index contributed by atoms with van der Waals surface area (Å²) in [6.45, 7) is 2.80. The molecule has 1 aliphatic rings. The van der Waals surface area contributed by atoms with Crippen molar-refractivity contribution in [1.82, 2.24) is 19.5 Å². The lowest BCUT2D eigenvalue weighted by molar-refractivity contribution is -0.137. The molecule has 0 saturated carbocycles. The zero-order valence-corrected chi connectivity index (χ0v) is 17.4. The second-order valence-corrected chi connectivity index (χ2v) is 7.75. The van der Waals surface area contributed by atoms with Crippen molar-refractivity contribution < 1.29 is 22.8 Å². The normalized spacial score (nSPS) is 16.7. The highest BCUT2D eigenvalue weighted by Gasteiger charge is 2.34. The summed E-state index contributed by atoms with van der Waals surface area (Å²) < 4.78 is 40.3. The number of anilines is 1. The molecule has 2 N–H and O–H groups in total. The number of amides is 2. The molecule has 0 aliphatic carbocycles. The van der Waals surface area contributed by atoms with Crippen molar-refractivity contribution >= 4 is 34.7 Å². The molecular formula is C20H17ClF3N5O3. The van der Waals surface area contributed by atoms with Crippen molar-refractivity contribution in [1.29, 1.82) is 0 Å². The summed E-state index contributed by atoms with van der Waals surface area (Å²) in [7, 11) is 0. The number of likely N-dealkylation sites (N-methyl/N-ethyl adjacent to an activating group) is 1. The third-order valence-electron chi connectivity index (χ3n) is 5.31. The molecule has 32 heavy (non-hydrogen) atoms. The number of nitrogens with zero attached hydrogens (tertiary/aromatic N) is 3. The van der Waals surface area contributed by atoms with Crippen molar-refractivity contribution in [2.75, 3.05) is 18.4 Å². The Morgan fingerprint density at radius 2 is 2.06 bits per heavy atom. The van der Waals surface area contributed by atoms with Crippen LogP contribution in [0.3, 0.4) is 0 Å². The highest BCUT2D eigenvalue weighted by atomic mass is 35.5. The maximum Gasteiger partial charge on any atom is 0.417 e. The monoisotopic (exact) mass is 467 g/mol. The molecule has 168 valence electrons. The fraction of sp³-hybridized carbons (Fsp3) is 0.300. The minimum atomic E-state index is -4.69. The van der Waals surface area contributed by atoms with E-state index in [4.69, 9.17) is 11.6 Å². The lowest BCUT2D eigenvalue weighted by atomic mass is 10.0. The quantitative estimate of drug-likeness (QED) is 0.615. The Morgan fingerprint density at radius 3 is 2.72 bits per heavy atom. The van der Waals surface area contributed by atoms with E-state index >= 15 is 0 Å². The molecule has 3 heterocycles. The summed E-state index contributed by atoms with van der Waals surface area (Å²) in [5, 5.41) is 4.50. The van der Waals surface area contributed by atoms with Crippen LogP contribution in [-0.2, 0) is 11.0 Å². The largest absolute Gasteiger partial charge is 0.417 e. The van der Waals surface area contributed by atoms with E-state index in [1.807, 2.05) is 6.92 Å². The van der Waals surface area contributed by atoms with Gasteiger partial charge in [0.1, 0.15) is 5.56 Å². The first-order chi connectivity index (χ1) is 15.1. The molecule has 1 fully saturated rings. The standard InChI is InChI=1S/C20H17ClF3N5O3/c1-2-28-9-10(5-16(28)30)15-7-17(31)29-18(27-15)12(8-25-29)19(32)26-11-3-4-14(21)13(6-11)20(22,23)24/h3-4,6-8,10,25H,2,5,9H2,1H3,(H,26,32). The third kappa shape index (κ3) is 3.95. The topological polar surface area (TPSA) is 99.6 Å². The molecular weight excluding hydrogens is 451 g/mol. The molecule has 12 heteroatoms. The molecule has 1 unspecified atom stereocenters. The Balaban J connectivity index is 1.67. The first-order valence-electron chi connectivity index (χ1n) is 9.65. The number of likely N-dealkylation sites (tertiary alicyclic amines) is 1. The van der Waals surface area contributed by atoms with Gasteiger partial charge in [0.15, 0.2) is 5.65 Å². The van der Waals surface area contributed by atoms with E-state index in [2.05, 4.69) is 15.4 Å². The van der Waals surface area contributed by atoms with Crippen LogP contribution in [-0.4, -0.2) is 44.4 Å². The fourth-order valence-corrected chi connectivity index (χ4v) is 3.89. The molecule has 8 nitrogen and oxygen atoms in total. The number of H-pyrrole nitrogens is 1. The van der Waals surface area contributed by atoms with Gasteiger partial charge in [-0.2, -0.15) is 13.2 Å². The number of rotatable bonds is 4. The second-order valence-electron chi connectivity index (χ2n) is 7.35. The number of hydrogen-bond donors (Lipinski definition) is 2. The molecule has 0 bridgehead atoms. The number of alkyl halides is 3. The van der Waals surface area contributed by atoms with Crippen LogP contribution < -0.4 is 10.9 Å². The predicted molar refractivity (Wildman–Crippen MR) is 110 cm³/mol. The van der Waals surface area contributed by atoms with Crippen LogP contribution in [0.5, 0.6) is 0 Å². The van der Waals surface area contributed by atoms with E-state index < -0.39 is 28.2 Å². The molecule has 2 amide bonds. The van der Waals surface area contributed by atoms with Crippen LogP contribution in [0.2, 0.25) is 5.02 Å². The average Bonchev–Trinajstić information content (AvgIpc) is 3.32. The van der Waals surface area contributed by atoms with Gasteiger partial charge < -0.3 is 10.2 Å². The molecule has 0 radical (unpaired) electrons. The average molecular weight is 468 g/mol. The summed E-state index contributed by atoms with van der Waals surface area (Å²) in [6.07, 6.45) is -3.25. The Hall–Kier alpha value is -3.34.